The average molecular weight is 317 g/mol. The molecule has 1 aromatic carbocycles. The summed E-state index contributed by atoms with van der Waals surface area (Å²) in [5, 5.41) is 4.22. The summed E-state index contributed by atoms with van der Waals surface area (Å²) in [7, 11) is 0. The molecule has 2 heterocycles. The highest BCUT2D eigenvalue weighted by molar-refractivity contribution is 6.11. The molecule has 0 saturated heterocycles. The maximum Gasteiger partial charge on any atom is 0.271 e. The van der Waals surface area contributed by atoms with Crippen LogP contribution in [0.25, 0.3) is 0 Å². The molecule has 0 radical (unpaired) electrons. The van der Waals surface area contributed by atoms with Gasteiger partial charge in [-0.05, 0) is 48.5 Å². The summed E-state index contributed by atoms with van der Waals surface area (Å²) in [6.45, 7) is 0. The summed E-state index contributed by atoms with van der Waals surface area (Å²) >= 11 is 0. The first-order chi connectivity index (χ1) is 11.7. The number of nitrogens with zero attached hydrogens (tertiary/aromatic N) is 3. The number of hydrazone groups is 1. The van der Waals surface area contributed by atoms with Crippen LogP contribution in [0.5, 0.6) is 0 Å². The number of anilines is 1. The van der Waals surface area contributed by atoms with Crippen molar-refractivity contribution in [3.8, 4) is 0 Å². The summed E-state index contributed by atoms with van der Waals surface area (Å²) in [5.74, 6) is -0.334. The highest BCUT2D eigenvalue weighted by atomic mass is 16.2. The Kier molecular flexibility index (Phi) is 4.57. The van der Waals surface area contributed by atoms with Gasteiger partial charge in [0.05, 0.1) is 11.4 Å². The SMILES string of the molecule is Nc1ccc(C(=O)NN=C(c2ccccn2)c2ccccn2)cc1. The Morgan fingerprint density at radius 1 is 0.875 bits per heavy atom. The third-order valence-corrected chi connectivity index (χ3v) is 3.26. The molecule has 0 aliphatic rings. The maximum atomic E-state index is 12.2. The molecule has 0 aliphatic heterocycles. The van der Waals surface area contributed by atoms with Crippen molar-refractivity contribution in [2.24, 2.45) is 5.10 Å². The predicted octanol–water partition coefficient (Wildman–Crippen LogP) is 2.24. The molecule has 0 fully saturated rings. The number of hydrogen-bond donors (Lipinski definition) is 2. The Labute approximate surface area is 139 Å². The number of aromatic nitrogens is 2. The lowest BCUT2D eigenvalue weighted by molar-refractivity contribution is 0.0955. The largest absolute Gasteiger partial charge is 0.399 e. The Balaban J connectivity index is 1.90. The Morgan fingerprint density at radius 3 is 1.96 bits per heavy atom. The third-order valence-electron chi connectivity index (χ3n) is 3.26. The van der Waals surface area contributed by atoms with Gasteiger partial charge in [-0.15, -0.1) is 0 Å². The molecule has 24 heavy (non-hydrogen) atoms. The van der Waals surface area contributed by atoms with Crippen LogP contribution in [-0.4, -0.2) is 21.6 Å². The topological polar surface area (TPSA) is 93.3 Å². The van der Waals surface area contributed by atoms with Crippen LogP contribution in [0.1, 0.15) is 21.7 Å². The molecular weight excluding hydrogens is 302 g/mol. The van der Waals surface area contributed by atoms with Gasteiger partial charge in [0.2, 0.25) is 0 Å². The van der Waals surface area contributed by atoms with E-state index in [4.69, 9.17) is 5.73 Å². The van der Waals surface area contributed by atoms with Gasteiger partial charge in [-0.1, -0.05) is 12.1 Å². The standard InChI is InChI=1S/C18H15N5O/c19-14-9-7-13(8-10-14)18(24)23-22-17(15-5-1-3-11-20-15)16-6-2-4-12-21-16/h1-12H,19H2,(H,23,24). The van der Waals surface area contributed by atoms with Gasteiger partial charge in [-0.2, -0.15) is 5.10 Å². The molecule has 0 unspecified atom stereocenters. The molecule has 118 valence electrons. The van der Waals surface area contributed by atoms with E-state index in [1.54, 1.807) is 36.7 Å². The summed E-state index contributed by atoms with van der Waals surface area (Å²) < 4.78 is 0. The number of pyridine rings is 2. The van der Waals surface area contributed by atoms with E-state index in [0.717, 1.165) is 0 Å². The molecule has 1 amide bonds. The molecule has 0 aliphatic carbocycles. The van der Waals surface area contributed by atoms with Crippen molar-refractivity contribution in [1.82, 2.24) is 15.4 Å². The second-order valence-electron chi connectivity index (χ2n) is 4.95. The van der Waals surface area contributed by atoms with Crippen LogP contribution in [0.15, 0.2) is 78.2 Å². The number of nitrogens with one attached hydrogen (secondary N) is 1. The van der Waals surface area contributed by atoms with Crippen molar-refractivity contribution in [3.63, 3.8) is 0 Å². The van der Waals surface area contributed by atoms with Crippen molar-refractivity contribution in [3.05, 3.63) is 90.0 Å². The highest BCUT2D eigenvalue weighted by Gasteiger charge is 2.11. The number of carbonyl (C=O) groups is 1. The fourth-order valence-electron chi connectivity index (χ4n) is 2.06. The van der Waals surface area contributed by atoms with Gasteiger partial charge < -0.3 is 5.73 Å². The molecule has 3 aromatic rings. The van der Waals surface area contributed by atoms with Crippen LogP contribution in [0.4, 0.5) is 5.69 Å². The number of nitrogen functional groups attached to an aromatic ring is 1. The first kappa shape index (κ1) is 15.4. The van der Waals surface area contributed by atoms with Gasteiger partial charge in [0.15, 0.2) is 0 Å². The number of rotatable bonds is 4. The molecule has 3 N–H and O–H groups in total. The van der Waals surface area contributed by atoms with Gasteiger partial charge >= 0.3 is 0 Å². The van der Waals surface area contributed by atoms with E-state index >= 15 is 0 Å². The molecule has 0 bridgehead atoms. The van der Waals surface area contributed by atoms with E-state index in [1.165, 1.54) is 0 Å². The fourth-order valence-corrected chi connectivity index (χ4v) is 2.06. The minimum Gasteiger partial charge on any atom is -0.399 e. The zero-order valence-electron chi connectivity index (χ0n) is 12.8. The summed E-state index contributed by atoms with van der Waals surface area (Å²) in [6.07, 6.45) is 3.32. The van der Waals surface area contributed by atoms with E-state index in [9.17, 15) is 4.79 Å². The summed E-state index contributed by atoms with van der Waals surface area (Å²) in [5.41, 5.74) is 11.0. The zero-order chi connectivity index (χ0) is 16.8. The molecular formula is C18H15N5O. The van der Waals surface area contributed by atoms with Gasteiger partial charge in [-0.25, -0.2) is 5.43 Å². The van der Waals surface area contributed by atoms with Crippen molar-refractivity contribution >= 4 is 17.3 Å². The van der Waals surface area contributed by atoms with Crippen molar-refractivity contribution in [2.75, 3.05) is 5.73 Å². The van der Waals surface area contributed by atoms with Crippen LogP contribution in [0.2, 0.25) is 0 Å². The fraction of sp³-hybridized carbons (Fsp3) is 0. The van der Waals surface area contributed by atoms with E-state index in [-0.39, 0.29) is 5.91 Å². The van der Waals surface area contributed by atoms with Crippen LogP contribution in [0, 0.1) is 0 Å². The van der Waals surface area contributed by atoms with Gasteiger partial charge in [-0.3, -0.25) is 14.8 Å². The van der Waals surface area contributed by atoms with Crippen LogP contribution in [-0.2, 0) is 0 Å². The quantitative estimate of drug-likeness (QED) is 0.438. The summed E-state index contributed by atoms with van der Waals surface area (Å²) in [4.78, 5) is 20.8. The van der Waals surface area contributed by atoms with Gasteiger partial charge in [0, 0.05) is 23.6 Å². The van der Waals surface area contributed by atoms with E-state index in [0.29, 0.717) is 28.4 Å². The number of amides is 1. The molecule has 2 aromatic heterocycles. The molecule has 6 nitrogen and oxygen atoms in total. The van der Waals surface area contributed by atoms with Crippen molar-refractivity contribution in [2.45, 2.75) is 0 Å². The van der Waals surface area contributed by atoms with E-state index in [2.05, 4.69) is 20.5 Å². The average Bonchev–Trinajstić information content (AvgIpc) is 2.64. The minimum absolute atomic E-state index is 0.334. The van der Waals surface area contributed by atoms with Gasteiger partial charge in [0.1, 0.15) is 5.71 Å². The molecule has 0 atom stereocenters. The van der Waals surface area contributed by atoms with E-state index in [1.807, 2.05) is 36.4 Å². The third kappa shape index (κ3) is 3.61. The van der Waals surface area contributed by atoms with E-state index < -0.39 is 0 Å². The molecule has 0 spiro atoms. The number of benzene rings is 1. The first-order valence-electron chi connectivity index (χ1n) is 7.30. The Bertz CT molecular complexity index is 804. The molecule has 3 rings (SSSR count). The predicted molar refractivity (Wildman–Crippen MR) is 92.4 cm³/mol. The normalized spacial score (nSPS) is 10.0. The molecule has 6 heteroatoms. The Hall–Kier alpha value is -3.54. The highest BCUT2D eigenvalue weighted by Crippen LogP contribution is 2.07. The van der Waals surface area contributed by atoms with Crippen LogP contribution in [0.3, 0.4) is 0 Å². The lowest BCUT2D eigenvalue weighted by Crippen LogP contribution is -2.21. The zero-order valence-corrected chi connectivity index (χ0v) is 12.8. The smallest absolute Gasteiger partial charge is 0.271 e. The number of carbonyl (C=O) groups excluding carboxylic acids is 1. The van der Waals surface area contributed by atoms with Crippen molar-refractivity contribution < 1.29 is 4.79 Å². The maximum absolute atomic E-state index is 12.2. The van der Waals surface area contributed by atoms with Gasteiger partial charge in [0.25, 0.3) is 5.91 Å². The van der Waals surface area contributed by atoms with Crippen LogP contribution < -0.4 is 11.2 Å². The van der Waals surface area contributed by atoms with Crippen molar-refractivity contribution in [1.29, 1.82) is 0 Å². The Morgan fingerprint density at radius 2 is 1.46 bits per heavy atom. The van der Waals surface area contributed by atoms with Crippen LogP contribution >= 0.6 is 0 Å². The monoisotopic (exact) mass is 317 g/mol. The lowest BCUT2D eigenvalue weighted by Gasteiger charge is -2.06. The lowest BCUT2D eigenvalue weighted by atomic mass is 10.1. The number of hydrogen-bond acceptors (Lipinski definition) is 5. The summed E-state index contributed by atoms with van der Waals surface area (Å²) in [6, 6.07) is 17.5. The number of nitrogens with two attached hydrogens (primary N) is 1. The molecule has 0 saturated carbocycles. The minimum atomic E-state index is -0.334. The second kappa shape index (κ2) is 7.15. The second-order valence-corrected chi connectivity index (χ2v) is 4.95. The first-order valence-corrected chi connectivity index (χ1v) is 7.30.